The Balaban J connectivity index is 2.00. The molecule has 0 saturated carbocycles. The number of hydrogen-bond donors (Lipinski definition) is 1. The van der Waals surface area contributed by atoms with Gasteiger partial charge in [0.1, 0.15) is 17.4 Å². The van der Waals surface area contributed by atoms with Crippen LogP contribution in [0.15, 0.2) is 36.5 Å². The summed E-state index contributed by atoms with van der Waals surface area (Å²) in [5, 5.41) is 3.37. The van der Waals surface area contributed by atoms with Gasteiger partial charge in [-0.3, -0.25) is 4.79 Å². The van der Waals surface area contributed by atoms with Crippen LogP contribution in [0.3, 0.4) is 0 Å². The molecule has 0 amide bonds. The highest BCUT2D eigenvalue weighted by atomic mass is 19.1. The predicted octanol–water partition coefficient (Wildman–Crippen LogP) is 7.62. The second kappa shape index (κ2) is 10.5. The highest BCUT2D eigenvalue weighted by molar-refractivity contribution is 5.84. The van der Waals surface area contributed by atoms with Crippen LogP contribution in [0.1, 0.15) is 55.5 Å². The molecule has 1 N–H and O–H groups in total. The summed E-state index contributed by atoms with van der Waals surface area (Å²) in [5.41, 5.74) is 9.22. The molecule has 3 rings (SSSR count). The second-order valence-corrected chi connectivity index (χ2v) is 10.1. The number of hydrogen-bond acceptors (Lipinski definition) is 3. The monoisotopic (exact) mass is 460 g/mol. The molecule has 0 aliphatic heterocycles. The molecule has 0 unspecified atom stereocenters. The summed E-state index contributed by atoms with van der Waals surface area (Å²) in [6.07, 6.45) is 2.06. The van der Waals surface area contributed by atoms with Crippen LogP contribution in [0.2, 0.25) is 0 Å². The van der Waals surface area contributed by atoms with Crippen molar-refractivity contribution in [2.45, 2.75) is 61.8 Å². The van der Waals surface area contributed by atoms with Crippen LogP contribution in [0.5, 0.6) is 0 Å². The van der Waals surface area contributed by atoms with Crippen molar-refractivity contribution >= 4 is 11.6 Å². The quantitative estimate of drug-likeness (QED) is 0.376. The zero-order valence-electron chi connectivity index (χ0n) is 21.8. The van der Waals surface area contributed by atoms with Crippen molar-refractivity contribution in [2.24, 2.45) is 11.8 Å². The standard InChI is InChI=1S/C30H37FN2O/c1-17(2)15-32-28-12-11-25(16-33-28)30-21(7)19(5)29(20(6)22(30)8)24-10-9-23(26(31)13-24)14-27(34)18(3)4/h9-13,16-18H,14-15H2,1-8H3,(H,32,33). The van der Waals surface area contributed by atoms with Crippen LogP contribution < -0.4 is 5.32 Å². The van der Waals surface area contributed by atoms with E-state index in [1.165, 1.54) is 16.7 Å². The van der Waals surface area contributed by atoms with Gasteiger partial charge in [-0.1, -0.05) is 39.8 Å². The van der Waals surface area contributed by atoms with E-state index in [-0.39, 0.29) is 23.9 Å². The Kier molecular flexibility index (Phi) is 7.91. The zero-order valence-corrected chi connectivity index (χ0v) is 21.8. The lowest BCUT2D eigenvalue weighted by Gasteiger charge is -2.21. The zero-order chi connectivity index (χ0) is 25.2. The minimum absolute atomic E-state index is 0.0501. The van der Waals surface area contributed by atoms with E-state index in [0.29, 0.717) is 11.5 Å². The number of anilines is 1. The van der Waals surface area contributed by atoms with Crippen LogP contribution in [0, 0.1) is 45.3 Å². The maximum Gasteiger partial charge on any atom is 0.139 e. The van der Waals surface area contributed by atoms with Gasteiger partial charge >= 0.3 is 0 Å². The number of aromatic nitrogens is 1. The fourth-order valence-electron chi connectivity index (χ4n) is 4.37. The van der Waals surface area contributed by atoms with Crippen molar-refractivity contribution in [3.8, 4) is 22.3 Å². The smallest absolute Gasteiger partial charge is 0.139 e. The third-order valence-electron chi connectivity index (χ3n) is 6.72. The van der Waals surface area contributed by atoms with Gasteiger partial charge in [-0.2, -0.15) is 0 Å². The maximum atomic E-state index is 15.0. The first-order valence-electron chi connectivity index (χ1n) is 12.1. The number of carbonyl (C=O) groups excluding carboxylic acids is 1. The summed E-state index contributed by atoms with van der Waals surface area (Å²) in [5.74, 6) is 1.06. The van der Waals surface area contributed by atoms with Crippen LogP contribution in [0.25, 0.3) is 22.3 Å². The fraction of sp³-hybridized carbons (Fsp3) is 0.400. The van der Waals surface area contributed by atoms with Gasteiger partial charge in [0.05, 0.1) is 0 Å². The Morgan fingerprint density at radius 3 is 1.91 bits per heavy atom. The Morgan fingerprint density at radius 1 is 0.882 bits per heavy atom. The summed E-state index contributed by atoms with van der Waals surface area (Å²) in [6, 6.07) is 9.42. The van der Waals surface area contributed by atoms with E-state index in [1.54, 1.807) is 12.1 Å². The Morgan fingerprint density at radius 2 is 1.44 bits per heavy atom. The summed E-state index contributed by atoms with van der Waals surface area (Å²) in [6.45, 7) is 17.4. The average Bonchev–Trinajstić information content (AvgIpc) is 2.79. The summed E-state index contributed by atoms with van der Waals surface area (Å²) >= 11 is 0. The molecule has 180 valence electrons. The molecule has 0 aliphatic rings. The molecule has 0 radical (unpaired) electrons. The fourth-order valence-corrected chi connectivity index (χ4v) is 4.37. The molecule has 34 heavy (non-hydrogen) atoms. The topological polar surface area (TPSA) is 42.0 Å². The molecule has 1 heterocycles. The van der Waals surface area contributed by atoms with Crippen LogP contribution in [0.4, 0.5) is 10.2 Å². The molecule has 4 heteroatoms. The number of nitrogens with one attached hydrogen (secondary N) is 1. The Labute approximate surface area is 203 Å². The van der Waals surface area contributed by atoms with Crippen molar-refractivity contribution in [1.82, 2.24) is 4.98 Å². The SMILES string of the molecule is Cc1c(C)c(-c2ccc(CC(=O)C(C)C)c(F)c2)c(C)c(C)c1-c1ccc(NCC(C)C)nc1. The van der Waals surface area contributed by atoms with Gasteiger partial charge in [-0.15, -0.1) is 0 Å². The third-order valence-corrected chi connectivity index (χ3v) is 6.72. The van der Waals surface area contributed by atoms with Crippen LogP contribution >= 0.6 is 0 Å². The van der Waals surface area contributed by atoms with Gasteiger partial charge < -0.3 is 5.32 Å². The van der Waals surface area contributed by atoms with Crippen LogP contribution in [-0.2, 0) is 11.2 Å². The largest absolute Gasteiger partial charge is 0.370 e. The molecule has 2 aromatic carbocycles. The highest BCUT2D eigenvalue weighted by Crippen LogP contribution is 2.39. The minimum Gasteiger partial charge on any atom is -0.370 e. The van der Waals surface area contributed by atoms with Crippen molar-refractivity contribution in [3.63, 3.8) is 0 Å². The van der Waals surface area contributed by atoms with Gasteiger partial charge in [-0.05, 0) is 96.3 Å². The average molecular weight is 461 g/mol. The van der Waals surface area contributed by atoms with E-state index in [0.717, 1.165) is 40.2 Å². The van der Waals surface area contributed by atoms with Crippen molar-refractivity contribution in [1.29, 1.82) is 0 Å². The molecule has 0 spiro atoms. The summed E-state index contributed by atoms with van der Waals surface area (Å²) in [4.78, 5) is 16.7. The first-order chi connectivity index (χ1) is 16.0. The second-order valence-electron chi connectivity index (χ2n) is 10.1. The van der Waals surface area contributed by atoms with Crippen molar-refractivity contribution < 1.29 is 9.18 Å². The lowest BCUT2D eigenvalue weighted by atomic mass is 9.83. The van der Waals surface area contributed by atoms with Gasteiger partial charge in [-0.25, -0.2) is 9.37 Å². The molecule has 1 aromatic heterocycles. The molecule has 3 aromatic rings. The number of rotatable bonds is 8. The van der Waals surface area contributed by atoms with E-state index in [9.17, 15) is 9.18 Å². The molecule has 0 saturated heterocycles. The van der Waals surface area contributed by atoms with Crippen molar-refractivity contribution in [2.75, 3.05) is 11.9 Å². The molecule has 0 fully saturated rings. The summed E-state index contributed by atoms with van der Waals surface area (Å²) in [7, 11) is 0. The number of Topliss-reactive ketones (excluding diaryl/α,β-unsaturated/α-hetero) is 1. The highest BCUT2D eigenvalue weighted by Gasteiger charge is 2.19. The van der Waals surface area contributed by atoms with E-state index >= 15 is 0 Å². The number of ketones is 1. The summed E-state index contributed by atoms with van der Waals surface area (Å²) < 4.78 is 15.0. The maximum absolute atomic E-state index is 15.0. The molecule has 3 nitrogen and oxygen atoms in total. The molecule has 0 aliphatic carbocycles. The minimum atomic E-state index is -0.321. The number of pyridine rings is 1. The Hall–Kier alpha value is -3.01. The number of benzene rings is 2. The predicted molar refractivity (Wildman–Crippen MR) is 141 cm³/mol. The Bertz CT molecular complexity index is 1160. The first-order valence-corrected chi connectivity index (χ1v) is 12.1. The van der Waals surface area contributed by atoms with Gasteiger partial charge in [0, 0.05) is 30.6 Å². The molecular weight excluding hydrogens is 423 g/mol. The van der Waals surface area contributed by atoms with Crippen LogP contribution in [-0.4, -0.2) is 17.3 Å². The number of carbonyl (C=O) groups is 1. The number of halogens is 1. The lowest BCUT2D eigenvalue weighted by Crippen LogP contribution is -2.11. The number of nitrogens with zero attached hydrogens (tertiary/aromatic N) is 1. The first kappa shape index (κ1) is 25.6. The van der Waals surface area contributed by atoms with E-state index in [1.807, 2.05) is 32.2 Å². The van der Waals surface area contributed by atoms with E-state index < -0.39 is 0 Å². The lowest BCUT2D eigenvalue weighted by molar-refractivity contribution is -0.121. The normalized spacial score (nSPS) is 11.4. The van der Waals surface area contributed by atoms with Crippen molar-refractivity contribution in [3.05, 3.63) is 70.2 Å². The van der Waals surface area contributed by atoms with E-state index in [4.69, 9.17) is 0 Å². The van der Waals surface area contributed by atoms with E-state index in [2.05, 4.69) is 57.9 Å². The van der Waals surface area contributed by atoms with Gasteiger partial charge in [0.15, 0.2) is 0 Å². The molecular formula is C30H37FN2O. The molecule has 0 bridgehead atoms. The van der Waals surface area contributed by atoms with Gasteiger partial charge in [0.2, 0.25) is 0 Å². The van der Waals surface area contributed by atoms with Gasteiger partial charge in [0.25, 0.3) is 0 Å². The molecule has 0 atom stereocenters. The third kappa shape index (κ3) is 5.38.